The van der Waals surface area contributed by atoms with Gasteiger partial charge in [-0.1, -0.05) is 69.7 Å². The quantitative estimate of drug-likeness (QED) is 0.102. The van der Waals surface area contributed by atoms with Crippen molar-refractivity contribution in [1.82, 2.24) is 9.97 Å². The zero-order chi connectivity index (χ0) is 33.2. The molecule has 1 heterocycles. The lowest BCUT2D eigenvalue weighted by Crippen LogP contribution is -2.10. The van der Waals surface area contributed by atoms with Crippen LogP contribution < -0.4 is 9.26 Å². The van der Waals surface area contributed by atoms with Crippen molar-refractivity contribution in [2.75, 3.05) is 13.2 Å². The van der Waals surface area contributed by atoms with Crippen LogP contribution >= 0.6 is 6.72 Å². The first-order valence-corrected chi connectivity index (χ1v) is 17.9. The Morgan fingerprint density at radius 1 is 0.978 bits per heavy atom. The summed E-state index contributed by atoms with van der Waals surface area (Å²) in [5.74, 6) is 2.98. The fraction of sp³-hybridized carbons (Fsp3) is 0.457. The summed E-state index contributed by atoms with van der Waals surface area (Å²) in [6.07, 6.45) is 2.18. The summed E-state index contributed by atoms with van der Waals surface area (Å²) >= 11 is 5.32. The molecule has 2 aromatic carbocycles. The van der Waals surface area contributed by atoms with Crippen molar-refractivity contribution in [2.24, 2.45) is 17.3 Å². The third-order valence-electron chi connectivity index (χ3n) is 7.08. The zero-order valence-corrected chi connectivity index (χ0v) is 29.6. The number of para-hydroxylation sites is 1. The number of hydrogen-bond acceptors (Lipinski definition) is 9. The highest BCUT2D eigenvalue weighted by molar-refractivity contribution is 8.07. The maximum Gasteiger partial charge on any atom is 0.381 e. The second-order valence-corrected chi connectivity index (χ2v) is 14.9. The Morgan fingerprint density at radius 2 is 1.62 bits per heavy atom. The molecule has 0 amide bonds. The van der Waals surface area contributed by atoms with E-state index < -0.39 is 6.72 Å². The van der Waals surface area contributed by atoms with Crippen molar-refractivity contribution in [1.29, 1.82) is 0 Å². The van der Waals surface area contributed by atoms with Crippen LogP contribution in [0.2, 0.25) is 0 Å². The number of nitrogens with zero attached hydrogens (tertiary/aromatic N) is 2. The number of allylic oxidation sites excluding steroid dienone is 2. The Hall–Kier alpha value is -3.10. The van der Waals surface area contributed by atoms with Gasteiger partial charge in [-0.15, -0.1) is 0 Å². The van der Waals surface area contributed by atoms with Gasteiger partial charge in [0.1, 0.15) is 23.9 Å². The molecular formula is C35H47N2O6PS. The summed E-state index contributed by atoms with van der Waals surface area (Å²) in [6.45, 7) is 16.4. The summed E-state index contributed by atoms with van der Waals surface area (Å²) < 4.78 is 28.0. The highest BCUT2D eigenvalue weighted by atomic mass is 32.5. The van der Waals surface area contributed by atoms with Crippen LogP contribution in [0.15, 0.2) is 72.3 Å². The van der Waals surface area contributed by atoms with Gasteiger partial charge in [-0.3, -0.25) is 13.8 Å². The second kappa shape index (κ2) is 16.5. The van der Waals surface area contributed by atoms with E-state index in [2.05, 4.69) is 43.7 Å². The lowest BCUT2D eigenvalue weighted by molar-refractivity contribution is -0.147. The molecule has 0 spiro atoms. The topological polar surface area (TPSA) is 89.0 Å². The molecule has 1 aliphatic rings. The zero-order valence-electron chi connectivity index (χ0n) is 27.9. The minimum Gasteiger partial charge on any atom is -0.461 e. The van der Waals surface area contributed by atoms with E-state index in [0.717, 1.165) is 28.6 Å². The Morgan fingerprint density at radius 3 is 2.22 bits per heavy atom. The van der Waals surface area contributed by atoms with Gasteiger partial charge in [0, 0.05) is 29.5 Å². The first-order valence-electron chi connectivity index (χ1n) is 15.4. The predicted octanol–water partition coefficient (Wildman–Crippen LogP) is 9.35. The second-order valence-electron chi connectivity index (χ2n) is 12.0. The molecular weight excluding hydrogens is 607 g/mol. The summed E-state index contributed by atoms with van der Waals surface area (Å²) in [5, 5.41) is 0. The third-order valence-corrected chi connectivity index (χ3v) is 9.50. The van der Waals surface area contributed by atoms with Crippen LogP contribution in [-0.2, 0) is 37.0 Å². The monoisotopic (exact) mass is 654 g/mol. The average molecular weight is 655 g/mol. The molecule has 2 unspecified atom stereocenters. The van der Waals surface area contributed by atoms with Gasteiger partial charge in [0.2, 0.25) is 5.88 Å². The highest BCUT2D eigenvalue weighted by Crippen LogP contribution is 2.60. The van der Waals surface area contributed by atoms with Crippen LogP contribution in [0.5, 0.6) is 17.4 Å². The Labute approximate surface area is 273 Å². The van der Waals surface area contributed by atoms with Crippen LogP contribution in [0, 0.1) is 24.2 Å². The maximum absolute atomic E-state index is 12.5. The number of hydrogen-bond donors (Lipinski definition) is 0. The average Bonchev–Trinajstić information content (AvgIpc) is 3.50. The maximum atomic E-state index is 12.5. The van der Waals surface area contributed by atoms with Gasteiger partial charge in [0.25, 0.3) is 0 Å². The summed E-state index contributed by atoms with van der Waals surface area (Å²) in [5.41, 5.74) is 2.98. The normalized spacial score (nSPS) is 16.7. The van der Waals surface area contributed by atoms with Crippen molar-refractivity contribution in [2.45, 2.75) is 74.8 Å². The first-order chi connectivity index (χ1) is 21.3. The molecule has 45 heavy (non-hydrogen) atoms. The minimum absolute atomic E-state index is 0.0212. The molecule has 244 valence electrons. The summed E-state index contributed by atoms with van der Waals surface area (Å²) in [4.78, 5) is 21.2. The Bertz CT molecular complexity index is 1480. The van der Waals surface area contributed by atoms with E-state index in [4.69, 9.17) is 34.9 Å². The summed E-state index contributed by atoms with van der Waals surface area (Å²) in [6, 6.07) is 19.0. The van der Waals surface area contributed by atoms with Crippen molar-refractivity contribution in [3.05, 3.63) is 89.4 Å². The predicted molar refractivity (Wildman–Crippen MR) is 182 cm³/mol. The van der Waals surface area contributed by atoms with Gasteiger partial charge in [0.05, 0.1) is 19.1 Å². The van der Waals surface area contributed by atoms with E-state index in [1.165, 1.54) is 5.57 Å². The molecule has 0 radical (unpaired) electrons. The number of carbonyl (C=O) groups excluding carboxylic acids is 1. The number of ether oxygens (including phenoxy) is 2. The summed E-state index contributed by atoms with van der Waals surface area (Å²) in [7, 11) is 0. The van der Waals surface area contributed by atoms with E-state index in [1.807, 2.05) is 89.2 Å². The van der Waals surface area contributed by atoms with Crippen molar-refractivity contribution >= 4 is 24.5 Å². The van der Waals surface area contributed by atoms with Gasteiger partial charge >= 0.3 is 12.7 Å². The molecule has 1 aromatic heterocycles. The SMILES string of the molecule is CC(C)=CC1C(C(=O)OCc2cccc(Oc3ccccc3)c2)C1(C)C.CCOP(=S)(OCC)Oc1cc(C)nc(C(C)C)n1. The molecule has 10 heteroatoms. The van der Waals surface area contributed by atoms with Gasteiger partial charge in [-0.2, -0.15) is 4.98 Å². The van der Waals surface area contributed by atoms with E-state index in [9.17, 15) is 4.79 Å². The molecule has 1 fully saturated rings. The lowest BCUT2D eigenvalue weighted by Gasteiger charge is -2.20. The van der Waals surface area contributed by atoms with Gasteiger partial charge in [-0.25, -0.2) is 4.98 Å². The Kier molecular flexibility index (Phi) is 13.3. The fourth-order valence-electron chi connectivity index (χ4n) is 4.75. The van der Waals surface area contributed by atoms with E-state index in [1.54, 1.807) is 6.07 Å². The number of esters is 1. The number of aryl methyl sites for hydroxylation is 1. The van der Waals surface area contributed by atoms with Gasteiger partial charge in [0.15, 0.2) is 0 Å². The molecule has 8 nitrogen and oxygen atoms in total. The molecule has 3 aromatic rings. The smallest absolute Gasteiger partial charge is 0.381 e. The number of benzene rings is 2. The van der Waals surface area contributed by atoms with Crippen LogP contribution in [-0.4, -0.2) is 29.2 Å². The van der Waals surface area contributed by atoms with Crippen molar-refractivity contribution < 1.29 is 27.8 Å². The lowest BCUT2D eigenvalue weighted by atomic mass is 10.1. The molecule has 0 N–H and O–H groups in total. The first kappa shape index (κ1) is 36.4. The van der Waals surface area contributed by atoms with Gasteiger partial charge in [-0.05, 0) is 75.8 Å². The number of aromatic nitrogens is 2. The van der Waals surface area contributed by atoms with E-state index >= 15 is 0 Å². The molecule has 1 aliphatic carbocycles. The van der Waals surface area contributed by atoms with Crippen molar-refractivity contribution in [3.8, 4) is 17.4 Å². The minimum atomic E-state index is -2.77. The van der Waals surface area contributed by atoms with Crippen LogP contribution in [0.25, 0.3) is 0 Å². The highest BCUT2D eigenvalue weighted by Gasteiger charge is 2.61. The van der Waals surface area contributed by atoms with Crippen LogP contribution in [0.4, 0.5) is 0 Å². The van der Waals surface area contributed by atoms with Crippen LogP contribution in [0.3, 0.4) is 0 Å². The molecule has 0 bridgehead atoms. The number of rotatable bonds is 13. The Balaban J connectivity index is 0.000000259. The fourth-order valence-corrected chi connectivity index (χ4v) is 6.75. The van der Waals surface area contributed by atoms with E-state index in [-0.39, 0.29) is 35.7 Å². The molecule has 4 rings (SSSR count). The van der Waals surface area contributed by atoms with Crippen LogP contribution in [0.1, 0.15) is 78.4 Å². The third kappa shape index (κ3) is 11.0. The largest absolute Gasteiger partial charge is 0.461 e. The van der Waals surface area contributed by atoms with Gasteiger partial charge < -0.3 is 14.0 Å². The molecule has 1 saturated carbocycles. The van der Waals surface area contributed by atoms with E-state index in [0.29, 0.717) is 19.1 Å². The molecule has 2 atom stereocenters. The van der Waals surface area contributed by atoms with Crippen molar-refractivity contribution in [3.63, 3.8) is 0 Å². The number of carbonyl (C=O) groups is 1. The standard InChI is InChI=1S/C23H26O3.C12H21N2O3PS/c1-16(2)13-20-21(23(20,3)4)22(24)25-15-17-9-8-12-19(14-17)26-18-10-6-5-7-11-18;1-6-15-18(19,16-7-2)17-11-8-10(5)13-12(14-11)9(3)4/h5-14,20-21H,15H2,1-4H3;8-9H,6-7H2,1-5H3. The molecule has 0 saturated heterocycles. The molecule has 0 aliphatic heterocycles.